The predicted molar refractivity (Wildman–Crippen MR) is 99.3 cm³/mol. The summed E-state index contributed by atoms with van der Waals surface area (Å²) < 4.78 is 19.4. The van der Waals surface area contributed by atoms with Gasteiger partial charge >= 0.3 is 0 Å². The third kappa shape index (κ3) is 2.95. The van der Waals surface area contributed by atoms with Gasteiger partial charge in [0.1, 0.15) is 22.7 Å². The lowest BCUT2D eigenvalue weighted by Crippen LogP contribution is -1.99. The van der Waals surface area contributed by atoms with Crippen LogP contribution in [0.5, 0.6) is 11.6 Å². The second kappa shape index (κ2) is 6.65. The van der Waals surface area contributed by atoms with Gasteiger partial charge in [0.2, 0.25) is 5.88 Å². The fraction of sp³-hybridized carbons (Fsp3) is 0.0500. The highest BCUT2D eigenvalue weighted by atomic mass is 32.1. The highest BCUT2D eigenvalue weighted by molar-refractivity contribution is 7.17. The minimum Gasteiger partial charge on any atom is -0.437 e. The zero-order valence-electron chi connectivity index (χ0n) is 13.8. The van der Waals surface area contributed by atoms with E-state index in [1.54, 1.807) is 0 Å². The number of nitrogens with zero attached hydrogens (tertiary/aromatic N) is 2. The van der Waals surface area contributed by atoms with Crippen LogP contribution < -0.4 is 4.74 Å². The maximum atomic E-state index is 13.5. The highest BCUT2D eigenvalue weighted by Crippen LogP contribution is 2.39. The lowest BCUT2D eigenvalue weighted by molar-refractivity contribution is 0.101. The summed E-state index contributed by atoms with van der Waals surface area (Å²) in [5.41, 5.74) is 2.14. The number of aromatic nitrogens is 2. The smallest absolute Gasteiger partial charge is 0.231 e. The fourth-order valence-corrected chi connectivity index (χ4v) is 3.63. The minimum atomic E-state index is -0.490. The second-order valence-electron chi connectivity index (χ2n) is 5.67. The van der Waals surface area contributed by atoms with Gasteiger partial charge in [-0.15, -0.1) is 11.3 Å². The van der Waals surface area contributed by atoms with E-state index >= 15 is 0 Å². The van der Waals surface area contributed by atoms with Crippen LogP contribution in [-0.4, -0.2) is 15.8 Å². The number of thiophene rings is 1. The normalized spacial score (nSPS) is 10.8. The van der Waals surface area contributed by atoms with E-state index in [0.29, 0.717) is 5.88 Å². The maximum absolute atomic E-state index is 13.5. The molecule has 0 aliphatic heterocycles. The third-order valence-corrected chi connectivity index (χ3v) is 4.83. The Morgan fingerprint density at radius 1 is 1.12 bits per heavy atom. The van der Waals surface area contributed by atoms with Crippen LogP contribution >= 0.6 is 11.3 Å². The van der Waals surface area contributed by atoms with Crippen LogP contribution in [0.1, 0.15) is 17.3 Å². The van der Waals surface area contributed by atoms with Gasteiger partial charge in [-0.05, 0) is 30.7 Å². The Kier molecular flexibility index (Phi) is 4.18. The molecule has 4 rings (SSSR count). The monoisotopic (exact) mass is 364 g/mol. The molecule has 26 heavy (non-hydrogen) atoms. The number of rotatable bonds is 4. The van der Waals surface area contributed by atoms with Crippen molar-refractivity contribution >= 4 is 27.3 Å². The molecule has 0 saturated carbocycles. The third-order valence-electron chi connectivity index (χ3n) is 3.95. The molecule has 0 saturated heterocycles. The van der Waals surface area contributed by atoms with Crippen LogP contribution in [0.25, 0.3) is 21.3 Å². The topological polar surface area (TPSA) is 52.1 Å². The molecule has 4 nitrogen and oxygen atoms in total. The van der Waals surface area contributed by atoms with Crippen molar-refractivity contribution < 1.29 is 13.9 Å². The molecule has 4 aromatic rings. The molecule has 0 unspecified atom stereocenters. The van der Waals surface area contributed by atoms with E-state index in [2.05, 4.69) is 9.97 Å². The van der Waals surface area contributed by atoms with Crippen LogP contribution in [-0.2, 0) is 0 Å². The van der Waals surface area contributed by atoms with Crippen molar-refractivity contribution in [3.8, 4) is 22.8 Å². The van der Waals surface area contributed by atoms with Gasteiger partial charge in [-0.3, -0.25) is 4.79 Å². The standard InChI is InChI=1S/C20H13FN2O2S/c1-12(24)15-9-14(21)7-8-17(15)25-19-18-16(13-5-3-2-4-6-13)10-26-20(18)23-11-22-19/h2-11H,1H3. The number of fused-ring (bicyclic) bond motifs is 1. The molecular formula is C20H13FN2O2S. The number of halogens is 1. The number of hydrogen-bond acceptors (Lipinski definition) is 5. The number of carbonyl (C=O) groups is 1. The van der Waals surface area contributed by atoms with Crippen molar-refractivity contribution in [1.29, 1.82) is 0 Å². The zero-order chi connectivity index (χ0) is 18.1. The Morgan fingerprint density at radius 2 is 1.92 bits per heavy atom. The van der Waals surface area contributed by atoms with Crippen molar-refractivity contribution in [3.05, 3.63) is 71.6 Å². The molecule has 2 aromatic heterocycles. The minimum absolute atomic E-state index is 0.174. The first-order chi connectivity index (χ1) is 12.6. The summed E-state index contributed by atoms with van der Waals surface area (Å²) in [5, 5.41) is 2.76. The van der Waals surface area contributed by atoms with E-state index in [9.17, 15) is 9.18 Å². The molecule has 0 N–H and O–H groups in total. The molecule has 0 aliphatic carbocycles. The van der Waals surface area contributed by atoms with Crippen molar-refractivity contribution in [1.82, 2.24) is 9.97 Å². The van der Waals surface area contributed by atoms with E-state index in [1.165, 1.54) is 42.8 Å². The van der Waals surface area contributed by atoms with Crippen molar-refractivity contribution in [2.24, 2.45) is 0 Å². The summed E-state index contributed by atoms with van der Waals surface area (Å²) in [7, 11) is 0. The van der Waals surface area contributed by atoms with Gasteiger partial charge in [0.25, 0.3) is 0 Å². The molecule has 2 aromatic carbocycles. The van der Waals surface area contributed by atoms with Gasteiger partial charge in [0.15, 0.2) is 5.78 Å². The van der Waals surface area contributed by atoms with Crippen molar-refractivity contribution in [2.45, 2.75) is 6.92 Å². The second-order valence-corrected chi connectivity index (χ2v) is 6.53. The highest BCUT2D eigenvalue weighted by Gasteiger charge is 2.17. The number of ketones is 1. The molecule has 2 heterocycles. The average molecular weight is 364 g/mol. The fourth-order valence-electron chi connectivity index (χ4n) is 2.73. The number of Topliss-reactive ketones (excluding diaryl/α,β-unsaturated/α-hetero) is 1. The molecule has 0 radical (unpaired) electrons. The van der Waals surface area contributed by atoms with Gasteiger partial charge in [-0.25, -0.2) is 14.4 Å². The molecule has 0 aliphatic rings. The summed E-state index contributed by atoms with van der Waals surface area (Å²) in [5.74, 6) is -0.164. The lowest BCUT2D eigenvalue weighted by atomic mass is 10.1. The van der Waals surface area contributed by atoms with Gasteiger partial charge in [-0.2, -0.15) is 0 Å². The average Bonchev–Trinajstić information content (AvgIpc) is 3.09. The summed E-state index contributed by atoms with van der Waals surface area (Å²) in [6.07, 6.45) is 1.42. The van der Waals surface area contributed by atoms with Gasteiger partial charge in [0.05, 0.1) is 10.9 Å². The zero-order valence-corrected chi connectivity index (χ0v) is 14.6. The van der Waals surface area contributed by atoms with Gasteiger partial charge < -0.3 is 4.74 Å². The SMILES string of the molecule is CC(=O)c1cc(F)ccc1Oc1ncnc2scc(-c3ccccc3)c12. The van der Waals surface area contributed by atoms with E-state index in [-0.39, 0.29) is 17.1 Å². The predicted octanol–water partition coefficient (Wildman–Crippen LogP) is 5.49. The summed E-state index contributed by atoms with van der Waals surface area (Å²) in [6.45, 7) is 1.37. The van der Waals surface area contributed by atoms with Crippen LogP contribution in [0.3, 0.4) is 0 Å². The van der Waals surface area contributed by atoms with Crippen LogP contribution in [0.2, 0.25) is 0 Å². The number of carbonyl (C=O) groups excluding carboxylic acids is 1. The van der Waals surface area contributed by atoms with Crippen molar-refractivity contribution in [2.75, 3.05) is 0 Å². The van der Waals surface area contributed by atoms with Crippen molar-refractivity contribution in [3.63, 3.8) is 0 Å². The molecule has 0 amide bonds. The first-order valence-electron chi connectivity index (χ1n) is 7.89. The number of ether oxygens (including phenoxy) is 1. The van der Waals surface area contributed by atoms with Crippen LogP contribution in [0.4, 0.5) is 4.39 Å². The Labute approximate surface area is 152 Å². The molecule has 0 fully saturated rings. The molecule has 0 spiro atoms. The summed E-state index contributed by atoms with van der Waals surface area (Å²) in [6, 6.07) is 13.7. The molecular weight excluding hydrogens is 351 g/mol. The van der Waals surface area contributed by atoms with Gasteiger partial charge in [-0.1, -0.05) is 30.3 Å². The van der Waals surface area contributed by atoms with E-state index in [4.69, 9.17) is 4.74 Å². The van der Waals surface area contributed by atoms with Gasteiger partial charge in [0, 0.05) is 10.9 Å². The largest absolute Gasteiger partial charge is 0.437 e. The van der Waals surface area contributed by atoms with E-state index in [1.807, 2.05) is 35.7 Å². The Morgan fingerprint density at radius 3 is 2.69 bits per heavy atom. The number of hydrogen-bond donors (Lipinski definition) is 0. The van der Waals surface area contributed by atoms with Crippen LogP contribution in [0.15, 0.2) is 60.2 Å². The molecule has 0 bridgehead atoms. The Balaban J connectivity index is 1.86. The first-order valence-corrected chi connectivity index (χ1v) is 8.77. The maximum Gasteiger partial charge on any atom is 0.231 e. The molecule has 0 atom stereocenters. The Hall–Kier alpha value is -3.12. The van der Waals surface area contributed by atoms with Crippen LogP contribution in [0, 0.1) is 5.82 Å². The summed E-state index contributed by atoms with van der Waals surface area (Å²) in [4.78, 5) is 21.2. The van der Waals surface area contributed by atoms with E-state index < -0.39 is 5.82 Å². The number of benzene rings is 2. The quantitative estimate of drug-likeness (QED) is 0.449. The lowest BCUT2D eigenvalue weighted by Gasteiger charge is -2.10. The summed E-state index contributed by atoms with van der Waals surface area (Å²) >= 11 is 1.49. The van der Waals surface area contributed by atoms with E-state index in [0.717, 1.165) is 21.3 Å². The molecule has 128 valence electrons. The molecule has 6 heteroatoms. The Bertz CT molecular complexity index is 1110. The first kappa shape index (κ1) is 16.4.